The third-order valence-corrected chi connectivity index (χ3v) is 2.64. The summed E-state index contributed by atoms with van der Waals surface area (Å²) in [6, 6.07) is 4.46. The summed E-state index contributed by atoms with van der Waals surface area (Å²) in [7, 11) is 0. The molecule has 0 radical (unpaired) electrons. The molecule has 0 spiro atoms. The van der Waals surface area contributed by atoms with E-state index in [4.69, 9.17) is 4.74 Å². The number of nitrogens with zero attached hydrogens (tertiary/aromatic N) is 1. The highest BCUT2D eigenvalue weighted by atomic mass is 19.4. The van der Waals surface area contributed by atoms with Gasteiger partial charge < -0.3 is 10.1 Å². The molecule has 1 aromatic rings. The van der Waals surface area contributed by atoms with E-state index in [0.717, 1.165) is 0 Å². The average Bonchev–Trinajstić information content (AvgIpc) is 2.37. The first-order valence-corrected chi connectivity index (χ1v) is 6.49. The van der Waals surface area contributed by atoms with Crippen LogP contribution in [0.1, 0.15) is 25.3 Å². The van der Waals surface area contributed by atoms with Gasteiger partial charge in [0.05, 0.1) is 11.5 Å². The van der Waals surface area contributed by atoms with E-state index in [2.05, 4.69) is 5.32 Å². The molecule has 5 nitrogen and oxygen atoms in total. The fourth-order valence-corrected chi connectivity index (χ4v) is 1.73. The van der Waals surface area contributed by atoms with Gasteiger partial charge in [-0.25, -0.2) is 0 Å². The summed E-state index contributed by atoms with van der Waals surface area (Å²) >= 11 is 0. The third kappa shape index (κ3) is 6.44. The molecule has 1 aromatic carbocycles. The normalized spacial score (nSPS) is 11.4. The summed E-state index contributed by atoms with van der Waals surface area (Å²) in [5.41, 5.74) is 1.00. The number of nitro groups is 1. The second-order valence-electron chi connectivity index (χ2n) is 4.41. The fourth-order valence-electron chi connectivity index (χ4n) is 1.73. The first kappa shape index (κ1) is 17.2. The van der Waals surface area contributed by atoms with E-state index in [1.807, 2.05) is 6.92 Å². The number of ether oxygens (including phenoxy) is 1. The van der Waals surface area contributed by atoms with Crippen LogP contribution in [0.5, 0.6) is 0 Å². The predicted molar refractivity (Wildman–Crippen MR) is 72.2 cm³/mol. The molecule has 1 rings (SSSR count). The first-order chi connectivity index (χ1) is 9.83. The zero-order valence-corrected chi connectivity index (χ0v) is 11.6. The highest BCUT2D eigenvalue weighted by molar-refractivity contribution is 5.62. The van der Waals surface area contributed by atoms with Crippen LogP contribution in [0.15, 0.2) is 18.2 Å². The molecule has 0 amide bonds. The van der Waals surface area contributed by atoms with Gasteiger partial charge in [0.25, 0.3) is 5.69 Å². The Labute approximate surface area is 120 Å². The summed E-state index contributed by atoms with van der Waals surface area (Å²) in [6.45, 7) is 2.45. The van der Waals surface area contributed by atoms with Crippen molar-refractivity contribution in [1.82, 2.24) is 0 Å². The molecule has 0 unspecified atom stereocenters. The molecule has 0 atom stereocenters. The Morgan fingerprint density at radius 2 is 2.10 bits per heavy atom. The molecule has 0 saturated carbocycles. The van der Waals surface area contributed by atoms with E-state index in [0.29, 0.717) is 17.8 Å². The number of nitrogens with one attached hydrogen (secondary N) is 1. The molecule has 0 saturated heterocycles. The molecule has 1 N–H and O–H groups in total. The third-order valence-electron chi connectivity index (χ3n) is 2.64. The standard InChI is InChI=1S/C13H17F3N2O3/c1-2-17-11-8-10(4-5-12(11)18(19)20)9-21-7-3-6-13(14,15)16/h4-5,8,17H,2-3,6-7,9H2,1H3. The lowest BCUT2D eigenvalue weighted by atomic mass is 10.2. The van der Waals surface area contributed by atoms with Crippen molar-refractivity contribution in [1.29, 1.82) is 0 Å². The van der Waals surface area contributed by atoms with Crippen LogP contribution in [-0.4, -0.2) is 24.3 Å². The average molecular weight is 306 g/mol. The minimum absolute atomic E-state index is 0.00691. The van der Waals surface area contributed by atoms with Crippen LogP contribution in [-0.2, 0) is 11.3 Å². The van der Waals surface area contributed by atoms with Crippen molar-refractivity contribution < 1.29 is 22.8 Å². The lowest BCUT2D eigenvalue weighted by molar-refractivity contribution is -0.384. The van der Waals surface area contributed by atoms with Crippen molar-refractivity contribution in [3.05, 3.63) is 33.9 Å². The Kier molecular flexibility index (Phi) is 6.41. The predicted octanol–water partition coefficient (Wildman–Crippen LogP) is 3.89. The van der Waals surface area contributed by atoms with E-state index in [-0.39, 0.29) is 25.3 Å². The van der Waals surface area contributed by atoms with Crippen LogP contribution in [0.4, 0.5) is 24.5 Å². The van der Waals surface area contributed by atoms with Crippen molar-refractivity contribution in [3.63, 3.8) is 0 Å². The van der Waals surface area contributed by atoms with Crippen LogP contribution in [0.2, 0.25) is 0 Å². The van der Waals surface area contributed by atoms with E-state index >= 15 is 0 Å². The topological polar surface area (TPSA) is 64.4 Å². The minimum Gasteiger partial charge on any atom is -0.380 e. The Balaban J connectivity index is 2.52. The van der Waals surface area contributed by atoms with Crippen molar-refractivity contribution in [2.24, 2.45) is 0 Å². The summed E-state index contributed by atoms with van der Waals surface area (Å²) in [5, 5.41) is 13.7. The zero-order chi connectivity index (χ0) is 15.9. The van der Waals surface area contributed by atoms with Gasteiger partial charge in [0.2, 0.25) is 0 Å². The number of benzene rings is 1. The molecule has 0 bridgehead atoms. The van der Waals surface area contributed by atoms with E-state index in [9.17, 15) is 23.3 Å². The Morgan fingerprint density at radius 1 is 1.38 bits per heavy atom. The molecule has 0 aliphatic carbocycles. The molecule has 0 aliphatic rings. The Morgan fingerprint density at radius 3 is 2.67 bits per heavy atom. The maximum atomic E-state index is 11.9. The SMILES string of the molecule is CCNc1cc(COCCCC(F)(F)F)ccc1[N+](=O)[O-]. The molecular weight excluding hydrogens is 289 g/mol. The number of alkyl halides is 3. The van der Waals surface area contributed by atoms with Gasteiger partial charge in [-0.2, -0.15) is 13.2 Å². The van der Waals surface area contributed by atoms with Crippen LogP contribution >= 0.6 is 0 Å². The number of anilines is 1. The van der Waals surface area contributed by atoms with Crippen molar-refractivity contribution in [3.8, 4) is 0 Å². The highest BCUT2D eigenvalue weighted by Gasteiger charge is 2.25. The van der Waals surface area contributed by atoms with Gasteiger partial charge in [0.1, 0.15) is 5.69 Å². The second kappa shape index (κ2) is 7.82. The van der Waals surface area contributed by atoms with Crippen molar-refractivity contribution in [2.45, 2.75) is 32.5 Å². The monoisotopic (exact) mass is 306 g/mol. The van der Waals surface area contributed by atoms with Crippen LogP contribution < -0.4 is 5.32 Å². The van der Waals surface area contributed by atoms with Gasteiger partial charge in [-0.1, -0.05) is 0 Å². The van der Waals surface area contributed by atoms with Gasteiger partial charge in [0.15, 0.2) is 0 Å². The molecular formula is C13H17F3N2O3. The summed E-state index contributed by atoms with van der Waals surface area (Å²) in [4.78, 5) is 10.3. The van der Waals surface area contributed by atoms with Crippen molar-refractivity contribution >= 4 is 11.4 Å². The molecule has 118 valence electrons. The van der Waals surface area contributed by atoms with E-state index < -0.39 is 17.5 Å². The molecule has 0 aromatic heterocycles. The number of hydrogen-bond acceptors (Lipinski definition) is 4. The first-order valence-electron chi connectivity index (χ1n) is 6.49. The molecule has 21 heavy (non-hydrogen) atoms. The van der Waals surface area contributed by atoms with E-state index in [1.54, 1.807) is 6.07 Å². The molecule has 0 heterocycles. The smallest absolute Gasteiger partial charge is 0.380 e. The fraction of sp³-hybridized carbons (Fsp3) is 0.538. The Bertz CT molecular complexity index is 478. The van der Waals surface area contributed by atoms with Crippen LogP contribution in [0.25, 0.3) is 0 Å². The largest absolute Gasteiger partial charge is 0.389 e. The van der Waals surface area contributed by atoms with Gasteiger partial charge >= 0.3 is 6.18 Å². The van der Waals surface area contributed by atoms with Gasteiger partial charge in [-0.3, -0.25) is 10.1 Å². The molecule has 8 heteroatoms. The summed E-state index contributed by atoms with van der Waals surface area (Å²) in [5.74, 6) is 0. The zero-order valence-electron chi connectivity index (χ0n) is 11.6. The van der Waals surface area contributed by atoms with Gasteiger partial charge in [-0.05, 0) is 31.0 Å². The minimum atomic E-state index is -4.17. The van der Waals surface area contributed by atoms with Crippen LogP contribution in [0, 0.1) is 10.1 Å². The van der Waals surface area contributed by atoms with Crippen LogP contribution in [0.3, 0.4) is 0 Å². The lowest BCUT2D eigenvalue weighted by Gasteiger charge is -2.09. The quantitative estimate of drug-likeness (QED) is 0.449. The number of halogens is 3. The maximum absolute atomic E-state index is 11.9. The number of hydrogen-bond donors (Lipinski definition) is 1. The van der Waals surface area contributed by atoms with E-state index in [1.165, 1.54) is 12.1 Å². The molecule has 0 aliphatic heterocycles. The maximum Gasteiger partial charge on any atom is 0.389 e. The van der Waals surface area contributed by atoms with Gasteiger partial charge in [-0.15, -0.1) is 0 Å². The lowest BCUT2D eigenvalue weighted by Crippen LogP contribution is -2.09. The Hall–Kier alpha value is -1.83. The highest BCUT2D eigenvalue weighted by Crippen LogP contribution is 2.26. The summed E-state index contributed by atoms with van der Waals surface area (Å²) < 4.78 is 41.0. The second-order valence-corrected chi connectivity index (χ2v) is 4.41. The summed E-state index contributed by atoms with van der Waals surface area (Å²) in [6.07, 6.45) is -5.15. The number of nitro benzene ring substituents is 1. The number of rotatable bonds is 8. The van der Waals surface area contributed by atoms with Crippen molar-refractivity contribution in [2.75, 3.05) is 18.5 Å². The van der Waals surface area contributed by atoms with Gasteiger partial charge in [0, 0.05) is 25.6 Å². The molecule has 0 fully saturated rings.